The van der Waals surface area contributed by atoms with Crippen LogP contribution in [0, 0.1) is 0 Å². The highest BCUT2D eigenvalue weighted by Crippen LogP contribution is 2.47. The molecule has 0 atom stereocenters. The summed E-state index contributed by atoms with van der Waals surface area (Å²) < 4.78 is 0. The van der Waals surface area contributed by atoms with Crippen molar-refractivity contribution in [3.63, 3.8) is 0 Å². The molecule has 0 radical (unpaired) electrons. The zero-order valence-electron chi connectivity index (χ0n) is 11.3. The molecule has 1 heterocycles. The molecule has 2 N–H and O–H groups in total. The van der Waals surface area contributed by atoms with Gasteiger partial charge in [0.05, 0.1) is 0 Å². The first-order valence-electron chi connectivity index (χ1n) is 6.68. The third-order valence-electron chi connectivity index (χ3n) is 3.99. The van der Waals surface area contributed by atoms with E-state index >= 15 is 0 Å². The molecule has 22 heavy (non-hydrogen) atoms. The molecule has 2 aromatic rings. The zero-order valence-corrected chi connectivity index (χ0v) is 11.3. The number of azide groups is 1. The van der Waals surface area contributed by atoms with Crippen LogP contribution in [0.2, 0.25) is 0 Å². The third kappa shape index (κ3) is 1.43. The number of hydrogen-bond acceptors (Lipinski definition) is 4. The van der Waals surface area contributed by atoms with Crippen LogP contribution in [0.4, 0.5) is 0 Å². The highest BCUT2D eigenvalue weighted by atomic mass is 16.2. The number of hydrogen-bond donors (Lipinski definition) is 2. The van der Waals surface area contributed by atoms with E-state index in [0.717, 1.165) is 22.3 Å². The van der Waals surface area contributed by atoms with Crippen LogP contribution >= 0.6 is 0 Å². The summed E-state index contributed by atoms with van der Waals surface area (Å²) in [7, 11) is 0. The number of amides is 1. The summed E-state index contributed by atoms with van der Waals surface area (Å²) in [6.07, 6.45) is 0. The third-order valence-corrected chi connectivity index (χ3v) is 3.99. The number of benzene rings is 2. The summed E-state index contributed by atoms with van der Waals surface area (Å²) >= 11 is 0. The minimum atomic E-state index is -1.10. The minimum Gasteiger partial charge on any atom is -0.305 e. The number of rotatable bonds is 0. The molecule has 106 valence electrons. The van der Waals surface area contributed by atoms with Gasteiger partial charge < -0.3 is 5.32 Å². The van der Waals surface area contributed by atoms with Crippen LogP contribution in [0.15, 0.2) is 58.7 Å². The molecule has 0 saturated heterocycles. The van der Waals surface area contributed by atoms with Crippen LogP contribution in [0.25, 0.3) is 21.6 Å². The molecule has 2 aromatic carbocycles. The van der Waals surface area contributed by atoms with Crippen molar-refractivity contribution in [2.75, 3.05) is 0 Å². The van der Waals surface area contributed by atoms with E-state index in [1.165, 1.54) is 0 Å². The Bertz CT molecular complexity index is 836. The molecule has 1 aliphatic carbocycles. The van der Waals surface area contributed by atoms with E-state index in [4.69, 9.17) is 5.53 Å². The second kappa shape index (κ2) is 4.34. The number of nitrogens with one attached hydrogen (secondary N) is 2. The van der Waals surface area contributed by atoms with Gasteiger partial charge in [0.15, 0.2) is 5.54 Å². The van der Waals surface area contributed by atoms with Crippen molar-refractivity contribution in [2.24, 2.45) is 10.2 Å². The number of hydrazone groups is 1. The van der Waals surface area contributed by atoms with Gasteiger partial charge in [-0.1, -0.05) is 48.5 Å². The molecule has 4 rings (SSSR count). The van der Waals surface area contributed by atoms with Crippen molar-refractivity contribution in [1.29, 1.82) is 0 Å². The van der Waals surface area contributed by atoms with Gasteiger partial charge >= 0.3 is 0 Å². The molecule has 1 aliphatic heterocycles. The van der Waals surface area contributed by atoms with Gasteiger partial charge in [0.2, 0.25) is 5.96 Å². The zero-order chi connectivity index (χ0) is 15.2. The van der Waals surface area contributed by atoms with Gasteiger partial charge in [-0.25, -0.2) is 0 Å². The fraction of sp³-hybridized carbons (Fsp3) is 0.0667. The van der Waals surface area contributed by atoms with Crippen LogP contribution < -0.4 is 10.7 Å². The smallest absolute Gasteiger partial charge is 0.262 e. The van der Waals surface area contributed by atoms with E-state index in [1.807, 2.05) is 48.5 Å². The van der Waals surface area contributed by atoms with Crippen molar-refractivity contribution in [3.05, 3.63) is 70.1 Å². The van der Waals surface area contributed by atoms with E-state index in [0.29, 0.717) is 0 Å². The quantitative estimate of drug-likeness (QED) is 0.441. The monoisotopic (exact) mass is 290 g/mol. The largest absolute Gasteiger partial charge is 0.305 e. The van der Waals surface area contributed by atoms with Gasteiger partial charge in [0, 0.05) is 16.0 Å². The number of guanidine groups is 1. The predicted molar refractivity (Wildman–Crippen MR) is 80.5 cm³/mol. The first-order chi connectivity index (χ1) is 10.8. The molecular weight excluding hydrogens is 280 g/mol. The molecule has 1 amide bonds. The number of carbonyl (C=O) groups is 1. The Hall–Kier alpha value is -3.31. The Morgan fingerprint density at radius 1 is 1.05 bits per heavy atom. The van der Waals surface area contributed by atoms with E-state index < -0.39 is 5.54 Å². The van der Waals surface area contributed by atoms with Crippen LogP contribution in [0.1, 0.15) is 11.1 Å². The average Bonchev–Trinajstić information content (AvgIpc) is 2.83. The van der Waals surface area contributed by atoms with Gasteiger partial charge in [-0.05, 0) is 21.8 Å². The molecular formula is C15H10N6O. The lowest BCUT2D eigenvalue weighted by molar-refractivity contribution is -0.125. The lowest BCUT2D eigenvalue weighted by Crippen LogP contribution is -2.57. The molecule has 7 heteroatoms. The highest BCUT2D eigenvalue weighted by molar-refractivity contribution is 6.09. The van der Waals surface area contributed by atoms with E-state index in [2.05, 4.69) is 25.9 Å². The second-order valence-electron chi connectivity index (χ2n) is 5.03. The Morgan fingerprint density at radius 2 is 1.64 bits per heavy atom. The Kier molecular flexibility index (Phi) is 2.45. The SMILES string of the molecule is [N-]=[N+]=NC1=NNC2(C(=O)N1)c1ccccc1-c1ccccc12. The standard InChI is InChI=1S/C15H10N6O/c16-21-19-14-17-13(22)15(20-18-14)11-7-3-1-5-9(11)10-6-2-4-8-12(10)15/h1-8,20H,(H,17,18,22). The molecule has 0 bridgehead atoms. The van der Waals surface area contributed by atoms with Gasteiger partial charge in [0.1, 0.15) is 0 Å². The topological polar surface area (TPSA) is 102 Å². The van der Waals surface area contributed by atoms with Crippen molar-refractivity contribution < 1.29 is 4.79 Å². The lowest BCUT2D eigenvalue weighted by atomic mass is 9.87. The molecule has 2 aliphatic rings. The van der Waals surface area contributed by atoms with Gasteiger partial charge in [-0.2, -0.15) is 5.10 Å². The Balaban J connectivity index is 1.99. The highest BCUT2D eigenvalue weighted by Gasteiger charge is 2.51. The van der Waals surface area contributed by atoms with E-state index in [1.54, 1.807) is 0 Å². The maximum atomic E-state index is 12.8. The molecule has 0 unspecified atom stereocenters. The fourth-order valence-electron chi connectivity index (χ4n) is 3.10. The fourth-order valence-corrected chi connectivity index (χ4v) is 3.10. The van der Waals surface area contributed by atoms with E-state index in [-0.39, 0.29) is 11.9 Å². The summed E-state index contributed by atoms with van der Waals surface area (Å²) in [6, 6.07) is 15.4. The molecule has 0 fully saturated rings. The normalized spacial score (nSPS) is 16.7. The van der Waals surface area contributed by atoms with Gasteiger partial charge in [0.25, 0.3) is 5.91 Å². The van der Waals surface area contributed by atoms with Crippen LogP contribution in [0.5, 0.6) is 0 Å². The van der Waals surface area contributed by atoms with Crippen LogP contribution in [-0.2, 0) is 10.3 Å². The lowest BCUT2D eigenvalue weighted by Gasteiger charge is -2.33. The molecule has 0 aromatic heterocycles. The van der Waals surface area contributed by atoms with Gasteiger partial charge in [-0.3, -0.25) is 10.2 Å². The van der Waals surface area contributed by atoms with Crippen molar-refractivity contribution in [3.8, 4) is 11.1 Å². The summed E-state index contributed by atoms with van der Waals surface area (Å²) in [5, 5.41) is 9.91. The number of fused-ring (bicyclic) bond motifs is 5. The van der Waals surface area contributed by atoms with Gasteiger partial charge in [-0.15, -0.1) is 0 Å². The van der Waals surface area contributed by atoms with Crippen LogP contribution in [-0.4, -0.2) is 11.9 Å². The molecule has 1 spiro atoms. The second-order valence-corrected chi connectivity index (χ2v) is 5.03. The maximum absolute atomic E-state index is 12.8. The minimum absolute atomic E-state index is 0.0833. The first-order valence-corrected chi connectivity index (χ1v) is 6.68. The predicted octanol–water partition coefficient (Wildman–Crippen LogP) is 2.21. The number of carbonyl (C=O) groups excluding carboxylic acids is 1. The summed E-state index contributed by atoms with van der Waals surface area (Å²) in [5.74, 6) is -0.401. The summed E-state index contributed by atoms with van der Waals surface area (Å²) in [5.41, 5.74) is 13.9. The van der Waals surface area contributed by atoms with Crippen LogP contribution in [0.3, 0.4) is 0 Å². The molecule has 7 nitrogen and oxygen atoms in total. The summed E-state index contributed by atoms with van der Waals surface area (Å²) in [6.45, 7) is 0. The molecule has 0 saturated carbocycles. The number of nitrogens with zero attached hydrogens (tertiary/aromatic N) is 4. The summed E-state index contributed by atoms with van der Waals surface area (Å²) in [4.78, 5) is 15.4. The van der Waals surface area contributed by atoms with E-state index in [9.17, 15) is 4.79 Å². The first kappa shape index (κ1) is 12.4. The van der Waals surface area contributed by atoms with Crippen molar-refractivity contribution in [2.45, 2.75) is 5.54 Å². The van der Waals surface area contributed by atoms with Crippen molar-refractivity contribution >= 4 is 11.9 Å². The Labute approximate surface area is 125 Å². The Morgan fingerprint density at radius 3 is 2.18 bits per heavy atom. The van der Waals surface area contributed by atoms with Crippen molar-refractivity contribution in [1.82, 2.24) is 10.7 Å². The average molecular weight is 290 g/mol. The maximum Gasteiger partial charge on any atom is 0.262 e.